The summed E-state index contributed by atoms with van der Waals surface area (Å²) in [5.74, 6) is -0.0436. The number of hydrogen-bond acceptors (Lipinski definition) is 5. The van der Waals surface area contributed by atoms with Crippen molar-refractivity contribution in [1.29, 1.82) is 0 Å². The third-order valence-corrected chi connectivity index (χ3v) is 4.06. The molecule has 1 aliphatic carbocycles. The summed E-state index contributed by atoms with van der Waals surface area (Å²) in [6.07, 6.45) is 9.77. The van der Waals surface area contributed by atoms with Gasteiger partial charge in [-0.3, -0.25) is 0 Å². The molecular weight excluding hydrogens is 324 g/mol. The number of thiocarbonyl (C=S) groups is 1. The fourth-order valence-electron chi connectivity index (χ4n) is 2.55. The lowest BCUT2D eigenvalue weighted by Gasteiger charge is -2.14. The summed E-state index contributed by atoms with van der Waals surface area (Å²) in [5, 5.41) is 6.59. The Balaban J connectivity index is 1.82. The fraction of sp³-hybridized carbons (Fsp3) is 0.529. The van der Waals surface area contributed by atoms with Crippen LogP contribution in [0.3, 0.4) is 0 Å². The number of nitrogens with zero attached hydrogens (tertiary/aromatic N) is 2. The first kappa shape index (κ1) is 18.3. The van der Waals surface area contributed by atoms with Crippen molar-refractivity contribution in [2.75, 3.05) is 18.5 Å². The normalized spacial score (nSPS) is 13.8. The Labute approximate surface area is 148 Å². The van der Waals surface area contributed by atoms with E-state index in [4.69, 9.17) is 17.0 Å². The van der Waals surface area contributed by atoms with Crippen LogP contribution in [0.5, 0.6) is 0 Å². The minimum absolute atomic E-state index is 0.322. The van der Waals surface area contributed by atoms with E-state index < -0.39 is 5.97 Å². The first-order chi connectivity index (χ1) is 11.6. The summed E-state index contributed by atoms with van der Waals surface area (Å²) >= 11 is 5.26. The molecule has 0 amide bonds. The Hall–Kier alpha value is -2.02. The van der Waals surface area contributed by atoms with Crippen molar-refractivity contribution in [2.45, 2.75) is 46.0 Å². The maximum absolute atomic E-state index is 11.7. The first-order valence-corrected chi connectivity index (χ1v) is 8.74. The molecule has 0 saturated carbocycles. The monoisotopic (exact) mass is 348 g/mol. The zero-order chi connectivity index (χ0) is 17.4. The van der Waals surface area contributed by atoms with E-state index in [2.05, 4.69) is 26.7 Å². The Kier molecular flexibility index (Phi) is 7.11. The number of anilines is 1. The van der Waals surface area contributed by atoms with E-state index in [-0.39, 0.29) is 0 Å². The molecule has 1 aromatic rings. The zero-order valence-corrected chi connectivity index (χ0v) is 15.0. The van der Waals surface area contributed by atoms with E-state index in [0.29, 0.717) is 28.9 Å². The molecule has 0 saturated heterocycles. The Morgan fingerprint density at radius 3 is 2.92 bits per heavy atom. The maximum atomic E-state index is 11.7. The van der Waals surface area contributed by atoms with Crippen LogP contribution < -0.4 is 10.6 Å². The minimum atomic E-state index is -0.414. The highest BCUT2D eigenvalue weighted by Gasteiger charge is 2.13. The summed E-state index contributed by atoms with van der Waals surface area (Å²) in [5.41, 5.74) is 2.43. The predicted octanol–water partition coefficient (Wildman–Crippen LogP) is 3.14. The first-order valence-electron chi connectivity index (χ1n) is 8.33. The van der Waals surface area contributed by atoms with Gasteiger partial charge < -0.3 is 15.4 Å². The van der Waals surface area contributed by atoms with Crippen molar-refractivity contribution in [3.8, 4) is 0 Å². The highest BCUT2D eigenvalue weighted by atomic mass is 32.1. The molecule has 0 radical (unpaired) electrons. The molecular formula is C17H24N4O2S. The molecule has 1 aliphatic rings. The molecule has 130 valence electrons. The Morgan fingerprint density at radius 1 is 1.42 bits per heavy atom. The number of ether oxygens (including phenoxy) is 1. The molecule has 2 rings (SSSR count). The number of carbonyl (C=O) groups excluding carboxylic acids is 1. The highest BCUT2D eigenvalue weighted by molar-refractivity contribution is 7.80. The summed E-state index contributed by atoms with van der Waals surface area (Å²) < 4.78 is 4.96. The van der Waals surface area contributed by atoms with E-state index in [9.17, 15) is 4.79 Å². The number of rotatable bonds is 6. The van der Waals surface area contributed by atoms with Crippen molar-refractivity contribution in [2.24, 2.45) is 0 Å². The van der Waals surface area contributed by atoms with Crippen molar-refractivity contribution in [3.05, 3.63) is 29.1 Å². The van der Waals surface area contributed by atoms with Crippen LogP contribution in [0.15, 0.2) is 17.8 Å². The van der Waals surface area contributed by atoms with Crippen molar-refractivity contribution < 1.29 is 9.53 Å². The van der Waals surface area contributed by atoms with Gasteiger partial charge >= 0.3 is 5.97 Å². The quantitative estimate of drug-likeness (QED) is 0.464. The van der Waals surface area contributed by atoms with Gasteiger partial charge in [0.15, 0.2) is 5.11 Å². The second-order valence-electron chi connectivity index (χ2n) is 5.65. The summed E-state index contributed by atoms with van der Waals surface area (Å²) in [6.45, 7) is 4.61. The molecule has 0 unspecified atom stereocenters. The standard InChI is InChI=1S/C17H24N4O2S/c1-3-23-15(22)14-11-19-16(20-12(14)2)21-17(24)18-10-9-13-7-5-4-6-8-13/h7,11H,3-6,8-10H2,1-2H3,(H2,18,19,20,21,24). The van der Waals surface area contributed by atoms with Gasteiger partial charge in [-0.2, -0.15) is 0 Å². The van der Waals surface area contributed by atoms with Crippen LogP contribution in [0.25, 0.3) is 0 Å². The predicted molar refractivity (Wildman–Crippen MR) is 98.1 cm³/mol. The number of carbonyl (C=O) groups is 1. The maximum Gasteiger partial charge on any atom is 0.341 e. The molecule has 0 fully saturated rings. The summed E-state index contributed by atoms with van der Waals surface area (Å²) in [6, 6.07) is 0. The van der Waals surface area contributed by atoms with Gasteiger partial charge in [-0.1, -0.05) is 11.6 Å². The topological polar surface area (TPSA) is 76.1 Å². The van der Waals surface area contributed by atoms with Crippen LogP contribution in [0.2, 0.25) is 0 Å². The van der Waals surface area contributed by atoms with E-state index in [1.165, 1.54) is 37.5 Å². The van der Waals surface area contributed by atoms with E-state index in [0.717, 1.165) is 13.0 Å². The smallest absolute Gasteiger partial charge is 0.341 e. The van der Waals surface area contributed by atoms with Crippen molar-refractivity contribution in [3.63, 3.8) is 0 Å². The molecule has 1 aromatic heterocycles. The molecule has 7 heteroatoms. The number of esters is 1. The average Bonchev–Trinajstić information content (AvgIpc) is 2.56. The minimum Gasteiger partial charge on any atom is -0.462 e. The van der Waals surface area contributed by atoms with E-state index in [1.54, 1.807) is 13.8 Å². The lowest BCUT2D eigenvalue weighted by Crippen LogP contribution is -2.30. The molecule has 0 aliphatic heterocycles. The number of aromatic nitrogens is 2. The number of hydrogen-bond donors (Lipinski definition) is 2. The second-order valence-corrected chi connectivity index (χ2v) is 6.06. The molecule has 0 atom stereocenters. The van der Waals surface area contributed by atoms with Gasteiger partial charge in [-0.25, -0.2) is 14.8 Å². The average molecular weight is 348 g/mol. The van der Waals surface area contributed by atoms with Crippen LogP contribution in [0.4, 0.5) is 5.95 Å². The lowest BCUT2D eigenvalue weighted by molar-refractivity contribution is 0.0524. The second kappa shape index (κ2) is 9.32. The third kappa shape index (κ3) is 5.56. The Bertz CT molecular complexity index is 631. The zero-order valence-electron chi connectivity index (χ0n) is 14.2. The van der Waals surface area contributed by atoms with Gasteiger partial charge in [0.2, 0.25) is 5.95 Å². The number of aryl methyl sites for hydroxylation is 1. The summed E-state index contributed by atoms with van der Waals surface area (Å²) in [7, 11) is 0. The lowest BCUT2D eigenvalue weighted by atomic mass is 9.97. The molecule has 1 heterocycles. The highest BCUT2D eigenvalue weighted by Crippen LogP contribution is 2.19. The van der Waals surface area contributed by atoms with Gasteiger partial charge in [0, 0.05) is 12.7 Å². The van der Waals surface area contributed by atoms with Gasteiger partial charge in [-0.15, -0.1) is 0 Å². The van der Waals surface area contributed by atoms with Gasteiger partial charge in [0.25, 0.3) is 0 Å². The van der Waals surface area contributed by atoms with Gasteiger partial charge in [-0.05, 0) is 58.2 Å². The number of allylic oxidation sites excluding steroid dienone is 1. The molecule has 6 nitrogen and oxygen atoms in total. The molecule has 0 aromatic carbocycles. The molecule has 2 N–H and O–H groups in total. The summed E-state index contributed by atoms with van der Waals surface area (Å²) in [4.78, 5) is 20.1. The molecule has 0 bridgehead atoms. The van der Waals surface area contributed by atoms with Crippen molar-refractivity contribution in [1.82, 2.24) is 15.3 Å². The van der Waals surface area contributed by atoms with Crippen LogP contribution in [-0.2, 0) is 4.74 Å². The largest absolute Gasteiger partial charge is 0.462 e. The van der Waals surface area contributed by atoms with E-state index >= 15 is 0 Å². The molecule has 0 spiro atoms. The van der Waals surface area contributed by atoms with Crippen LogP contribution in [0, 0.1) is 6.92 Å². The molecule has 24 heavy (non-hydrogen) atoms. The van der Waals surface area contributed by atoms with Crippen LogP contribution in [-0.4, -0.2) is 34.2 Å². The van der Waals surface area contributed by atoms with Crippen LogP contribution >= 0.6 is 12.2 Å². The van der Waals surface area contributed by atoms with E-state index in [1.807, 2.05) is 0 Å². The van der Waals surface area contributed by atoms with Crippen LogP contribution in [0.1, 0.15) is 55.1 Å². The fourth-order valence-corrected chi connectivity index (χ4v) is 2.74. The Morgan fingerprint density at radius 2 is 2.25 bits per heavy atom. The number of nitrogens with one attached hydrogen (secondary N) is 2. The van der Waals surface area contributed by atoms with Gasteiger partial charge in [0.05, 0.1) is 17.9 Å². The third-order valence-electron chi connectivity index (χ3n) is 3.82. The van der Waals surface area contributed by atoms with Crippen molar-refractivity contribution >= 4 is 29.2 Å². The SMILES string of the molecule is CCOC(=O)c1cnc(NC(=S)NCCC2=CCCCC2)nc1C. The van der Waals surface area contributed by atoms with Gasteiger partial charge in [0.1, 0.15) is 0 Å².